The SMILES string of the molecule is Nc1ccn(CCOC2CCCCO2)c(=O)c1. The van der Waals surface area contributed by atoms with Gasteiger partial charge in [-0.2, -0.15) is 0 Å². The number of hydrogen-bond acceptors (Lipinski definition) is 4. The lowest BCUT2D eigenvalue weighted by atomic mass is 10.2. The minimum Gasteiger partial charge on any atom is -0.399 e. The first-order valence-electron chi connectivity index (χ1n) is 5.95. The van der Waals surface area contributed by atoms with E-state index in [-0.39, 0.29) is 11.8 Å². The lowest BCUT2D eigenvalue weighted by Crippen LogP contribution is -2.26. The molecule has 1 aliphatic rings. The molecule has 1 unspecified atom stereocenters. The van der Waals surface area contributed by atoms with E-state index in [0.717, 1.165) is 25.9 Å². The molecule has 5 heteroatoms. The van der Waals surface area contributed by atoms with E-state index in [1.165, 1.54) is 6.07 Å². The highest BCUT2D eigenvalue weighted by molar-refractivity contribution is 5.34. The molecule has 0 bridgehead atoms. The molecule has 1 aliphatic heterocycles. The second-order valence-corrected chi connectivity index (χ2v) is 4.16. The quantitative estimate of drug-likeness (QED) is 0.849. The van der Waals surface area contributed by atoms with Crippen LogP contribution in [-0.4, -0.2) is 24.1 Å². The zero-order valence-electron chi connectivity index (χ0n) is 9.80. The van der Waals surface area contributed by atoms with Gasteiger partial charge in [0.05, 0.1) is 6.61 Å². The lowest BCUT2D eigenvalue weighted by Gasteiger charge is -2.22. The highest BCUT2D eigenvalue weighted by Gasteiger charge is 2.13. The van der Waals surface area contributed by atoms with Crippen molar-refractivity contribution in [3.8, 4) is 0 Å². The van der Waals surface area contributed by atoms with Crippen LogP contribution in [0.2, 0.25) is 0 Å². The number of anilines is 1. The normalized spacial score (nSPS) is 20.4. The molecule has 1 aromatic rings. The lowest BCUT2D eigenvalue weighted by molar-refractivity contribution is -0.163. The molecule has 2 N–H and O–H groups in total. The number of nitrogen functional groups attached to an aromatic ring is 1. The fraction of sp³-hybridized carbons (Fsp3) is 0.583. The van der Waals surface area contributed by atoms with Gasteiger partial charge in [-0.3, -0.25) is 4.79 Å². The summed E-state index contributed by atoms with van der Waals surface area (Å²) in [6.07, 6.45) is 4.77. The molecule has 1 saturated heterocycles. The van der Waals surface area contributed by atoms with Gasteiger partial charge in [0.15, 0.2) is 6.29 Å². The second-order valence-electron chi connectivity index (χ2n) is 4.16. The van der Waals surface area contributed by atoms with Gasteiger partial charge in [-0.1, -0.05) is 0 Å². The average molecular weight is 238 g/mol. The molecule has 1 atom stereocenters. The molecule has 94 valence electrons. The minimum atomic E-state index is -0.103. The summed E-state index contributed by atoms with van der Waals surface area (Å²) in [7, 11) is 0. The summed E-state index contributed by atoms with van der Waals surface area (Å²) in [5.41, 5.74) is 5.90. The molecule has 17 heavy (non-hydrogen) atoms. The predicted octanol–water partition coefficient (Wildman–Crippen LogP) is 0.974. The molecular formula is C12H18N2O3. The Morgan fingerprint density at radius 1 is 1.53 bits per heavy atom. The van der Waals surface area contributed by atoms with E-state index < -0.39 is 0 Å². The van der Waals surface area contributed by atoms with Crippen LogP contribution in [0.4, 0.5) is 5.69 Å². The Balaban J connectivity index is 1.79. The number of nitrogens with zero attached hydrogens (tertiary/aromatic N) is 1. The third-order valence-corrected chi connectivity index (χ3v) is 2.79. The van der Waals surface area contributed by atoms with Crippen LogP contribution in [0.25, 0.3) is 0 Å². The van der Waals surface area contributed by atoms with E-state index in [1.807, 2.05) is 0 Å². The van der Waals surface area contributed by atoms with Crippen LogP contribution < -0.4 is 11.3 Å². The maximum Gasteiger partial charge on any atom is 0.252 e. The van der Waals surface area contributed by atoms with Crippen molar-refractivity contribution in [1.82, 2.24) is 4.57 Å². The van der Waals surface area contributed by atoms with Crippen LogP contribution in [0.1, 0.15) is 19.3 Å². The highest BCUT2D eigenvalue weighted by Crippen LogP contribution is 2.13. The van der Waals surface area contributed by atoms with Crippen LogP contribution in [0.5, 0.6) is 0 Å². The Hall–Kier alpha value is -1.33. The van der Waals surface area contributed by atoms with Crippen molar-refractivity contribution in [3.05, 3.63) is 28.7 Å². The van der Waals surface area contributed by atoms with Crippen molar-refractivity contribution in [2.45, 2.75) is 32.1 Å². The first kappa shape index (κ1) is 12.1. The molecule has 5 nitrogen and oxygen atoms in total. The van der Waals surface area contributed by atoms with Gasteiger partial charge in [0.2, 0.25) is 0 Å². The fourth-order valence-corrected chi connectivity index (χ4v) is 1.83. The van der Waals surface area contributed by atoms with Gasteiger partial charge in [-0.25, -0.2) is 0 Å². The van der Waals surface area contributed by atoms with Crippen molar-refractivity contribution >= 4 is 5.69 Å². The van der Waals surface area contributed by atoms with Crippen molar-refractivity contribution in [2.24, 2.45) is 0 Å². The van der Waals surface area contributed by atoms with Gasteiger partial charge >= 0.3 is 0 Å². The Morgan fingerprint density at radius 2 is 2.41 bits per heavy atom. The average Bonchev–Trinajstić information content (AvgIpc) is 2.33. The van der Waals surface area contributed by atoms with Crippen LogP contribution in [-0.2, 0) is 16.0 Å². The van der Waals surface area contributed by atoms with E-state index in [9.17, 15) is 4.79 Å². The zero-order valence-corrected chi connectivity index (χ0v) is 9.80. The van der Waals surface area contributed by atoms with E-state index >= 15 is 0 Å². The van der Waals surface area contributed by atoms with Gasteiger partial charge < -0.3 is 19.8 Å². The van der Waals surface area contributed by atoms with Gasteiger partial charge in [-0.05, 0) is 25.3 Å². The largest absolute Gasteiger partial charge is 0.399 e. The number of nitrogens with two attached hydrogens (primary N) is 1. The molecular weight excluding hydrogens is 220 g/mol. The Kier molecular flexibility index (Phi) is 4.17. The predicted molar refractivity (Wildman–Crippen MR) is 64.7 cm³/mol. The van der Waals surface area contributed by atoms with Crippen LogP contribution >= 0.6 is 0 Å². The van der Waals surface area contributed by atoms with E-state index in [0.29, 0.717) is 18.8 Å². The zero-order chi connectivity index (χ0) is 12.1. The molecule has 1 aromatic heterocycles. The number of ether oxygens (including phenoxy) is 2. The van der Waals surface area contributed by atoms with Crippen molar-refractivity contribution in [2.75, 3.05) is 18.9 Å². The third kappa shape index (κ3) is 3.57. The van der Waals surface area contributed by atoms with Gasteiger partial charge in [-0.15, -0.1) is 0 Å². The minimum absolute atomic E-state index is 0.0989. The molecule has 0 aliphatic carbocycles. The first-order valence-corrected chi connectivity index (χ1v) is 5.95. The van der Waals surface area contributed by atoms with Crippen LogP contribution in [0, 0.1) is 0 Å². The van der Waals surface area contributed by atoms with Crippen molar-refractivity contribution in [1.29, 1.82) is 0 Å². The monoisotopic (exact) mass is 238 g/mol. The number of rotatable bonds is 4. The van der Waals surface area contributed by atoms with Gasteiger partial charge in [0.25, 0.3) is 5.56 Å². The Morgan fingerprint density at radius 3 is 3.12 bits per heavy atom. The molecule has 2 heterocycles. The van der Waals surface area contributed by atoms with Crippen molar-refractivity contribution < 1.29 is 9.47 Å². The number of pyridine rings is 1. The fourth-order valence-electron chi connectivity index (χ4n) is 1.83. The standard InChI is InChI=1S/C12H18N2O3/c13-10-4-5-14(11(15)9-10)6-8-17-12-3-1-2-7-16-12/h4-5,9,12H,1-3,6-8,13H2. The first-order chi connectivity index (χ1) is 8.25. The number of aromatic nitrogens is 1. The smallest absolute Gasteiger partial charge is 0.252 e. The molecule has 0 radical (unpaired) electrons. The van der Waals surface area contributed by atoms with E-state index in [1.54, 1.807) is 16.8 Å². The topological polar surface area (TPSA) is 66.5 Å². The van der Waals surface area contributed by atoms with Crippen LogP contribution in [0.15, 0.2) is 23.1 Å². The third-order valence-electron chi connectivity index (χ3n) is 2.79. The van der Waals surface area contributed by atoms with Crippen molar-refractivity contribution in [3.63, 3.8) is 0 Å². The summed E-state index contributed by atoms with van der Waals surface area (Å²) in [6.45, 7) is 1.78. The molecule has 2 rings (SSSR count). The molecule has 0 aromatic carbocycles. The Labute approximate surface area is 100 Å². The van der Waals surface area contributed by atoms with E-state index in [4.69, 9.17) is 15.2 Å². The van der Waals surface area contributed by atoms with Crippen LogP contribution in [0.3, 0.4) is 0 Å². The Bertz CT molecular complexity index is 410. The summed E-state index contributed by atoms with van der Waals surface area (Å²) < 4.78 is 12.6. The van der Waals surface area contributed by atoms with E-state index in [2.05, 4.69) is 0 Å². The molecule has 0 saturated carbocycles. The summed E-state index contributed by atoms with van der Waals surface area (Å²) in [5.74, 6) is 0. The summed E-state index contributed by atoms with van der Waals surface area (Å²) in [4.78, 5) is 11.5. The summed E-state index contributed by atoms with van der Waals surface area (Å²) in [5, 5.41) is 0. The van der Waals surface area contributed by atoms with Gasteiger partial charge in [0, 0.05) is 31.1 Å². The molecule has 0 spiro atoms. The molecule has 1 fully saturated rings. The summed E-state index contributed by atoms with van der Waals surface area (Å²) in [6, 6.07) is 3.12. The maximum atomic E-state index is 11.5. The van der Waals surface area contributed by atoms with Gasteiger partial charge in [0.1, 0.15) is 0 Å². The molecule has 0 amide bonds. The number of hydrogen-bond donors (Lipinski definition) is 1. The maximum absolute atomic E-state index is 11.5. The summed E-state index contributed by atoms with van der Waals surface area (Å²) >= 11 is 0. The highest BCUT2D eigenvalue weighted by atomic mass is 16.7. The second kappa shape index (κ2) is 5.84.